The van der Waals surface area contributed by atoms with Gasteiger partial charge >= 0.3 is 5.97 Å². The Bertz CT molecular complexity index is 801. The number of carboxylic acid groups (broad SMARTS) is 1. The van der Waals surface area contributed by atoms with Gasteiger partial charge in [-0.15, -0.1) is 0 Å². The summed E-state index contributed by atoms with van der Waals surface area (Å²) in [6.45, 7) is 2.00. The molecule has 20 heavy (non-hydrogen) atoms. The molecule has 1 aromatic carbocycles. The first kappa shape index (κ1) is 12.3. The van der Waals surface area contributed by atoms with Gasteiger partial charge in [-0.2, -0.15) is 5.10 Å². The number of rotatable bonds is 3. The van der Waals surface area contributed by atoms with E-state index in [2.05, 4.69) is 15.2 Å². The number of ether oxygens (including phenoxy) is 1. The molecule has 0 aliphatic heterocycles. The van der Waals surface area contributed by atoms with Crippen LogP contribution >= 0.6 is 0 Å². The standard InChI is InChI=1S/C14H13N3O3/c1-7-6-15-13-9(7)3-8(4-12(13)20-2)10-5-11(14(18)19)17-16-10/h3-6,15H,1-2H3,(H,16,17)(H,18,19). The van der Waals surface area contributed by atoms with Gasteiger partial charge in [-0.25, -0.2) is 4.79 Å². The average molecular weight is 271 g/mol. The summed E-state index contributed by atoms with van der Waals surface area (Å²) in [7, 11) is 1.60. The Morgan fingerprint density at radius 1 is 1.35 bits per heavy atom. The molecule has 0 saturated carbocycles. The van der Waals surface area contributed by atoms with Crippen molar-refractivity contribution in [3.63, 3.8) is 0 Å². The first-order valence-electron chi connectivity index (χ1n) is 6.05. The maximum absolute atomic E-state index is 10.9. The summed E-state index contributed by atoms with van der Waals surface area (Å²) >= 11 is 0. The lowest BCUT2D eigenvalue weighted by molar-refractivity contribution is 0.0690. The van der Waals surface area contributed by atoms with E-state index in [0.29, 0.717) is 11.4 Å². The number of hydrogen-bond donors (Lipinski definition) is 3. The fourth-order valence-electron chi connectivity index (χ4n) is 2.22. The predicted molar refractivity (Wildman–Crippen MR) is 74.1 cm³/mol. The molecule has 0 amide bonds. The van der Waals surface area contributed by atoms with Crippen LogP contribution in [-0.2, 0) is 0 Å². The largest absolute Gasteiger partial charge is 0.495 e. The van der Waals surface area contributed by atoms with Crippen molar-refractivity contribution in [1.29, 1.82) is 0 Å². The molecule has 0 atom stereocenters. The van der Waals surface area contributed by atoms with Crippen molar-refractivity contribution in [3.8, 4) is 17.0 Å². The number of methoxy groups -OCH3 is 1. The van der Waals surface area contributed by atoms with Crippen LogP contribution in [0.25, 0.3) is 22.2 Å². The molecule has 0 aliphatic rings. The van der Waals surface area contributed by atoms with E-state index < -0.39 is 5.97 Å². The minimum Gasteiger partial charge on any atom is -0.495 e. The van der Waals surface area contributed by atoms with E-state index in [1.807, 2.05) is 25.3 Å². The van der Waals surface area contributed by atoms with Crippen molar-refractivity contribution in [2.45, 2.75) is 6.92 Å². The molecule has 0 saturated heterocycles. The average Bonchev–Trinajstić information content (AvgIpc) is 3.05. The van der Waals surface area contributed by atoms with E-state index in [1.54, 1.807) is 7.11 Å². The highest BCUT2D eigenvalue weighted by molar-refractivity contribution is 5.93. The smallest absolute Gasteiger partial charge is 0.353 e. The molecule has 0 unspecified atom stereocenters. The lowest BCUT2D eigenvalue weighted by atomic mass is 10.1. The number of carbonyl (C=O) groups is 1. The molecule has 102 valence electrons. The molecule has 0 spiro atoms. The van der Waals surface area contributed by atoms with Crippen LogP contribution in [0.4, 0.5) is 0 Å². The number of hydrogen-bond acceptors (Lipinski definition) is 3. The number of aryl methyl sites for hydroxylation is 1. The second kappa shape index (κ2) is 4.41. The number of aromatic carboxylic acids is 1. The van der Waals surface area contributed by atoms with Crippen LogP contribution in [0.15, 0.2) is 24.4 Å². The van der Waals surface area contributed by atoms with Gasteiger partial charge in [-0.05, 0) is 30.7 Å². The summed E-state index contributed by atoms with van der Waals surface area (Å²) in [6.07, 6.45) is 1.91. The molecule has 0 fully saturated rings. The van der Waals surface area contributed by atoms with E-state index in [4.69, 9.17) is 9.84 Å². The molecule has 0 radical (unpaired) electrons. The fraction of sp³-hybridized carbons (Fsp3) is 0.143. The quantitative estimate of drug-likeness (QED) is 0.682. The maximum Gasteiger partial charge on any atom is 0.353 e. The minimum atomic E-state index is -1.03. The van der Waals surface area contributed by atoms with Gasteiger partial charge in [-0.1, -0.05) is 0 Å². The molecular weight excluding hydrogens is 258 g/mol. The summed E-state index contributed by atoms with van der Waals surface area (Å²) in [5, 5.41) is 16.5. The van der Waals surface area contributed by atoms with Gasteiger partial charge in [0.15, 0.2) is 0 Å². The number of carboxylic acids is 1. The molecule has 0 bridgehead atoms. The van der Waals surface area contributed by atoms with Crippen LogP contribution < -0.4 is 4.74 Å². The number of benzene rings is 1. The second-order valence-corrected chi connectivity index (χ2v) is 4.54. The number of H-pyrrole nitrogens is 2. The van der Waals surface area contributed by atoms with Crippen LogP contribution in [0.3, 0.4) is 0 Å². The van der Waals surface area contributed by atoms with Gasteiger partial charge in [0, 0.05) is 17.1 Å². The molecule has 3 N–H and O–H groups in total. The van der Waals surface area contributed by atoms with Crippen molar-refractivity contribution >= 4 is 16.9 Å². The lowest BCUT2D eigenvalue weighted by Gasteiger charge is -2.05. The van der Waals surface area contributed by atoms with Crippen LogP contribution in [0.2, 0.25) is 0 Å². The van der Waals surface area contributed by atoms with Gasteiger partial charge < -0.3 is 14.8 Å². The summed E-state index contributed by atoms with van der Waals surface area (Å²) in [4.78, 5) is 14.1. The van der Waals surface area contributed by atoms with Gasteiger partial charge in [0.25, 0.3) is 0 Å². The Balaban J connectivity index is 2.19. The number of fused-ring (bicyclic) bond motifs is 1. The third-order valence-electron chi connectivity index (χ3n) is 3.28. The molecule has 3 rings (SSSR count). The zero-order valence-electron chi connectivity index (χ0n) is 11.0. The maximum atomic E-state index is 10.9. The molecule has 6 heteroatoms. The normalized spacial score (nSPS) is 10.9. The first-order chi connectivity index (χ1) is 9.60. The zero-order valence-corrected chi connectivity index (χ0v) is 11.0. The van der Waals surface area contributed by atoms with Gasteiger partial charge in [0.2, 0.25) is 0 Å². The van der Waals surface area contributed by atoms with E-state index in [1.165, 1.54) is 6.07 Å². The van der Waals surface area contributed by atoms with E-state index in [9.17, 15) is 4.79 Å². The lowest BCUT2D eigenvalue weighted by Crippen LogP contribution is -1.95. The van der Waals surface area contributed by atoms with Crippen molar-refractivity contribution in [2.24, 2.45) is 0 Å². The highest BCUT2D eigenvalue weighted by Gasteiger charge is 2.13. The fourth-order valence-corrected chi connectivity index (χ4v) is 2.22. The Labute approximate surface area is 114 Å². The topological polar surface area (TPSA) is 91.0 Å². The van der Waals surface area contributed by atoms with E-state index in [0.717, 1.165) is 22.0 Å². The molecule has 2 aromatic heterocycles. The monoisotopic (exact) mass is 271 g/mol. The number of nitrogens with one attached hydrogen (secondary N) is 2. The van der Waals surface area contributed by atoms with Gasteiger partial charge in [0.1, 0.15) is 11.4 Å². The Kier molecular flexibility index (Phi) is 2.71. The van der Waals surface area contributed by atoms with Gasteiger partial charge in [0.05, 0.1) is 18.3 Å². The molecule has 0 aliphatic carbocycles. The highest BCUT2D eigenvalue weighted by Crippen LogP contribution is 2.32. The molecule has 3 aromatic rings. The SMILES string of the molecule is COc1cc(-c2cc(C(=O)O)[nH]n2)cc2c(C)c[nH]c12. The van der Waals surface area contributed by atoms with Crippen molar-refractivity contribution in [1.82, 2.24) is 15.2 Å². The highest BCUT2D eigenvalue weighted by atomic mass is 16.5. The summed E-state index contributed by atoms with van der Waals surface area (Å²) in [5.74, 6) is -0.333. The minimum absolute atomic E-state index is 0.0601. The zero-order chi connectivity index (χ0) is 14.3. The number of nitrogens with zero attached hydrogens (tertiary/aromatic N) is 1. The molecule has 2 heterocycles. The number of aromatic amines is 2. The van der Waals surface area contributed by atoms with E-state index >= 15 is 0 Å². The van der Waals surface area contributed by atoms with Crippen LogP contribution in [0, 0.1) is 6.92 Å². The third kappa shape index (κ3) is 1.82. The first-order valence-corrected chi connectivity index (χ1v) is 6.05. The molecule has 6 nitrogen and oxygen atoms in total. The van der Waals surface area contributed by atoms with Crippen LogP contribution in [0.1, 0.15) is 16.1 Å². The second-order valence-electron chi connectivity index (χ2n) is 4.54. The Morgan fingerprint density at radius 3 is 2.80 bits per heavy atom. The third-order valence-corrected chi connectivity index (χ3v) is 3.28. The van der Waals surface area contributed by atoms with Crippen molar-refractivity contribution in [3.05, 3.63) is 35.7 Å². The predicted octanol–water partition coefficient (Wildman–Crippen LogP) is 2.57. The molecular formula is C14H13N3O3. The van der Waals surface area contributed by atoms with Gasteiger partial charge in [-0.3, -0.25) is 5.10 Å². The van der Waals surface area contributed by atoms with E-state index in [-0.39, 0.29) is 5.69 Å². The Morgan fingerprint density at radius 2 is 2.15 bits per heavy atom. The Hall–Kier alpha value is -2.76. The van der Waals surface area contributed by atoms with Crippen molar-refractivity contribution in [2.75, 3.05) is 7.11 Å². The van der Waals surface area contributed by atoms with Crippen LogP contribution in [0.5, 0.6) is 5.75 Å². The van der Waals surface area contributed by atoms with Crippen LogP contribution in [-0.4, -0.2) is 33.4 Å². The van der Waals surface area contributed by atoms with Crippen molar-refractivity contribution < 1.29 is 14.6 Å². The summed E-state index contributed by atoms with van der Waals surface area (Å²) in [5.41, 5.74) is 3.45. The number of aromatic nitrogens is 3. The summed E-state index contributed by atoms with van der Waals surface area (Å²) in [6, 6.07) is 5.30. The summed E-state index contributed by atoms with van der Waals surface area (Å²) < 4.78 is 5.37.